The first-order chi connectivity index (χ1) is 14.2. The molecule has 3 aromatic carbocycles. The van der Waals surface area contributed by atoms with E-state index in [2.05, 4.69) is 54.0 Å². The van der Waals surface area contributed by atoms with Gasteiger partial charge in [0, 0.05) is 13.0 Å². The van der Waals surface area contributed by atoms with Gasteiger partial charge in [-0.1, -0.05) is 61.5 Å². The monoisotopic (exact) mass is 384 g/mol. The van der Waals surface area contributed by atoms with Crippen LogP contribution in [0.3, 0.4) is 0 Å². The minimum atomic E-state index is -0.321. The fraction of sp³-hybridized carbons (Fsp3) is 0.200. The third kappa shape index (κ3) is 3.79. The van der Waals surface area contributed by atoms with Crippen LogP contribution < -0.4 is 0 Å². The summed E-state index contributed by atoms with van der Waals surface area (Å²) in [6.45, 7) is 2.95. The van der Waals surface area contributed by atoms with Crippen LogP contribution in [0.4, 0.5) is 0 Å². The van der Waals surface area contributed by atoms with Crippen molar-refractivity contribution in [2.24, 2.45) is 0 Å². The molecule has 0 aliphatic heterocycles. The van der Waals surface area contributed by atoms with Crippen LogP contribution in [0.2, 0.25) is 0 Å². The van der Waals surface area contributed by atoms with Crippen LogP contribution in [0.5, 0.6) is 0 Å². The Labute approximate surface area is 170 Å². The number of aryl methyl sites for hydroxylation is 1. The molecule has 0 bridgehead atoms. The highest BCUT2D eigenvalue weighted by Crippen LogP contribution is 2.26. The predicted molar refractivity (Wildman–Crippen MR) is 116 cm³/mol. The van der Waals surface area contributed by atoms with E-state index in [1.807, 2.05) is 24.3 Å². The number of imidazole rings is 1. The van der Waals surface area contributed by atoms with Gasteiger partial charge in [0.1, 0.15) is 5.82 Å². The molecule has 0 radical (unpaired) electrons. The van der Waals surface area contributed by atoms with Gasteiger partial charge in [-0.05, 0) is 41.3 Å². The van der Waals surface area contributed by atoms with Gasteiger partial charge in [0.2, 0.25) is 0 Å². The van der Waals surface area contributed by atoms with Crippen molar-refractivity contribution in [1.29, 1.82) is 0 Å². The second kappa shape index (κ2) is 8.31. The van der Waals surface area contributed by atoms with Crippen LogP contribution in [-0.4, -0.2) is 22.6 Å². The van der Waals surface area contributed by atoms with E-state index in [4.69, 9.17) is 9.72 Å². The fourth-order valence-electron chi connectivity index (χ4n) is 3.71. The van der Waals surface area contributed by atoms with Gasteiger partial charge in [-0.3, -0.25) is 0 Å². The Morgan fingerprint density at radius 2 is 1.69 bits per heavy atom. The first-order valence-corrected chi connectivity index (χ1v) is 9.92. The molecule has 4 aromatic rings. The number of hydrogen-bond acceptors (Lipinski definition) is 3. The number of nitrogens with zero attached hydrogens (tertiary/aromatic N) is 2. The predicted octanol–water partition coefficient (Wildman–Crippen LogP) is 5.49. The second-order valence-corrected chi connectivity index (χ2v) is 7.09. The van der Waals surface area contributed by atoms with Gasteiger partial charge in [-0.25, -0.2) is 9.78 Å². The lowest BCUT2D eigenvalue weighted by molar-refractivity contribution is 0.0601. The molecule has 0 aliphatic rings. The highest BCUT2D eigenvalue weighted by Gasteiger charge is 2.13. The standard InChI is InChI=1S/C25H24N2O2/c1-3-8-24-26-22-11-6-7-12-23(22)27(24)17-18-13-15-19(16-14-18)20-9-4-5-10-21(20)25(28)29-2/h4-7,9-16H,3,8,17H2,1-2H3. The summed E-state index contributed by atoms with van der Waals surface area (Å²) >= 11 is 0. The molecule has 29 heavy (non-hydrogen) atoms. The van der Waals surface area contributed by atoms with E-state index in [1.54, 1.807) is 6.07 Å². The van der Waals surface area contributed by atoms with Crippen molar-refractivity contribution in [3.05, 3.63) is 89.7 Å². The minimum Gasteiger partial charge on any atom is -0.465 e. The molecule has 4 heteroatoms. The third-order valence-electron chi connectivity index (χ3n) is 5.15. The average Bonchev–Trinajstić information content (AvgIpc) is 3.11. The minimum absolute atomic E-state index is 0.321. The number of carbonyl (C=O) groups is 1. The molecule has 0 saturated carbocycles. The van der Waals surface area contributed by atoms with E-state index in [-0.39, 0.29) is 5.97 Å². The van der Waals surface area contributed by atoms with Crippen molar-refractivity contribution in [3.8, 4) is 11.1 Å². The van der Waals surface area contributed by atoms with Crippen LogP contribution >= 0.6 is 0 Å². The lowest BCUT2D eigenvalue weighted by Crippen LogP contribution is -2.05. The molecular weight excluding hydrogens is 360 g/mol. The lowest BCUT2D eigenvalue weighted by Gasteiger charge is -2.11. The number of fused-ring (bicyclic) bond motifs is 1. The number of esters is 1. The van der Waals surface area contributed by atoms with Crippen molar-refractivity contribution in [3.63, 3.8) is 0 Å². The molecule has 1 heterocycles. The number of methoxy groups -OCH3 is 1. The number of ether oxygens (including phenoxy) is 1. The first kappa shape index (κ1) is 18.9. The maximum absolute atomic E-state index is 12.1. The number of aromatic nitrogens is 2. The first-order valence-electron chi connectivity index (χ1n) is 9.92. The van der Waals surface area contributed by atoms with Crippen molar-refractivity contribution < 1.29 is 9.53 Å². The van der Waals surface area contributed by atoms with Crippen molar-refractivity contribution in [2.75, 3.05) is 7.11 Å². The zero-order chi connectivity index (χ0) is 20.2. The summed E-state index contributed by atoms with van der Waals surface area (Å²) in [6.07, 6.45) is 2.02. The highest BCUT2D eigenvalue weighted by atomic mass is 16.5. The van der Waals surface area contributed by atoms with E-state index < -0.39 is 0 Å². The summed E-state index contributed by atoms with van der Waals surface area (Å²) in [5, 5.41) is 0. The van der Waals surface area contributed by atoms with Crippen LogP contribution in [-0.2, 0) is 17.7 Å². The SMILES string of the molecule is CCCc1nc2ccccc2n1Cc1ccc(-c2ccccc2C(=O)OC)cc1. The summed E-state index contributed by atoms with van der Waals surface area (Å²) < 4.78 is 7.22. The second-order valence-electron chi connectivity index (χ2n) is 7.09. The van der Waals surface area contributed by atoms with Crippen LogP contribution in [0, 0.1) is 0 Å². The van der Waals surface area contributed by atoms with Gasteiger partial charge < -0.3 is 9.30 Å². The van der Waals surface area contributed by atoms with E-state index in [1.165, 1.54) is 12.7 Å². The molecular formula is C25H24N2O2. The molecule has 1 aromatic heterocycles. The van der Waals surface area contributed by atoms with Gasteiger partial charge in [0.05, 0.1) is 23.7 Å². The number of benzene rings is 3. The molecule has 0 amide bonds. The fourth-order valence-corrected chi connectivity index (χ4v) is 3.71. The van der Waals surface area contributed by atoms with Crippen LogP contribution in [0.15, 0.2) is 72.8 Å². The quantitative estimate of drug-likeness (QED) is 0.413. The molecule has 0 fully saturated rings. The topological polar surface area (TPSA) is 44.1 Å². The molecule has 4 rings (SSSR count). The van der Waals surface area contributed by atoms with E-state index in [0.717, 1.165) is 47.4 Å². The normalized spacial score (nSPS) is 11.0. The van der Waals surface area contributed by atoms with Crippen molar-refractivity contribution in [2.45, 2.75) is 26.3 Å². The molecule has 4 nitrogen and oxygen atoms in total. The van der Waals surface area contributed by atoms with E-state index in [0.29, 0.717) is 5.56 Å². The van der Waals surface area contributed by atoms with Gasteiger partial charge in [-0.2, -0.15) is 0 Å². The summed E-state index contributed by atoms with van der Waals surface area (Å²) in [5.41, 5.74) is 5.86. The van der Waals surface area contributed by atoms with Crippen LogP contribution in [0.1, 0.15) is 35.1 Å². The average molecular weight is 384 g/mol. The Morgan fingerprint density at radius 1 is 0.966 bits per heavy atom. The maximum Gasteiger partial charge on any atom is 0.338 e. The Bertz CT molecular complexity index is 1140. The molecule has 0 saturated heterocycles. The molecule has 0 N–H and O–H groups in total. The number of para-hydroxylation sites is 2. The molecule has 0 atom stereocenters. The Hall–Kier alpha value is -3.40. The third-order valence-corrected chi connectivity index (χ3v) is 5.15. The van der Waals surface area contributed by atoms with E-state index >= 15 is 0 Å². The van der Waals surface area contributed by atoms with Gasteiger partial charge in [-0.15, -0.1) is 0 Å². The molecule has 146 valence electrons. The molecule has 0 spiro atoms. The van der Waals surface area contributed by atoms with Crippen LogP contribution in [0.25, 0.3) is 22.2 Å². The highest BCUT2D eigenvalue weighted by molar-refractivity contribution is 5.97. The summed E-state index contributed by atoms with van der Waals surface area (Å²) in [5.74, 6) is 0.799. The zero-order valence-corrected chi connectivity index (χ0v) is 16.8. The number of rotatable bonds is 6. The largest absolute Gasteiger partial charge is 0.465 e. The Morgan fingerprint density at radius 3 is 2.45 bits per heavy atom. The lowest BCUT2D eigenvalue weighted by atomic mass is 9.98. The molecule has 0 aliphatic carbocycles. The van der Waals surface area contributed by atoms with Crippen molar-refractivity contribution >= 4 is 17.0 Å². The summed E-state index contributed by atoms with van der Waals surface area (Å²) in [4.78, 5) is 16.9. The zero-order valence-electron chi connectivity index (χ0n) is 16.8. The smallest absolute Gasteiger partial charge is 0.338 e. The number of hydrogen-bond donors (Lipinski definition) is 0. The number of carbonyl (C=O) groups excluding carboxylic acids is 1. The summed E-state index contributed by atoms with van der Waals surface area (Å²) in [7, 11) is 1.41. The summed E-state index contributed by atoms with van der Waals surface area (Å²) in [6, 6.07) is 24.2. The maximum atomic E-state index is 12.1. The van der Waals surface area contributed by atoms with Gasteiger partial charge in [0.15, 0.2) is 0 Å². The molecule has 0 unspecified atom stereocenters. The Balaban J connectivity index is 1.66. The van der Waals surface area contributed by atoms with Gasteiger partial charge in [0.25, 0.3) is 0 Å². The van der Waals surface area contributed by atoms with Gasteiger partial charge >= 0.3 is 5.97 Å². The van der Waals surface area contributed by atoms with E-state index in [9.17, 15) is 4.79 Å². The Kier molecular flexibility index (Phi) is 5.43. The van der Waals surface area contributed by atoms with Crippen molar-refractivity contribution in [1.82, 2.24) is 9.55 Å².